The Labute approximate surface area is 170 Å². The van der Waals surface area contributed by atoms with E-state index in [-0.39, 0.29) is 11.8 Å². The highest BCUT2D eigenvalue weighted by Gasteiger charge is 2.15. The SMILES string of the molecule is CCn1c(C(=O)NCCOC)cc2cc(NC(=O)/C=C/c3ccccc3)ccc21. The summed E-state index contributed by atoms with van der Waals surface area (Å²) in [4.78, 5) is 24.7. The summed E-state index contributed by atoms with van der Waals surface area (Å²) in [6, 6.07) is 17.1. The molecule has 0 saturated heterocycles. The van der Waals surface area contributed by atoms with Gasteiger partial charge in [0.1, 0.15) is 5.69 Å². The van der Waals surface area contributed by atoms with Gasteiger partial charge in [-0.05, 0) is 42.8 Å². The van der Waals surface area contributed by atoms with Crippen LogP contribution in [0, 0.1) is 0 Å². The van der Waals surface area contributed by atoms with Crippen LogP contribution in [0.5, 0.6) is 0 Å². The molecule has 0 unspecified atom stereocenters. The molecule has 0 aliphatic heterocycles. The van der Waals surface area contributed by atoms with Crippen molar-refractivity contribution in [2.24, 2.45) is 0 Å². The quantitative estimate of drug-likeness (QED) is 0.454. The van der Waals surface area contributed by atoms with Crippen LogP contribution in [0.15, 0.2) is 60.7 Å². The molecule has 0 bridgehead atoms. The fourth-order valence-corrected chi connectivity index (χ4v) is 3.15. The van der Waals surface area contributed by atoms with Gasteiger partial charge < -0.3 is 19.9 Å². The Morgan fingerprint density at radius 3 is 2.62 bits per heavy atom. The minimum Gasteiger partial charge on any atom is -0.383 e. The predicted octanol–water partition coefficient (Wildman–Crippen LogP) is 3.69. The number of methoxy groups -OCH3 is 1. The van der Waals surface area contributed by atoms with Crippen LogP contribution in [-0.2, 0) is 16.1 Å². The molecule has 1 aromatic heterocycles. The molecule has 6 nitrogen and oxygen atoms in total. The molecule has 150 valence electrons. The van der Waals surface area contributed by atoms with Gasteiger partial charge >= 0.3 is 0 Å². The molecule has 0 aliphatic rings. The molecule has 2 amide bonds. The van der Waals surface area contributed by atoms with Gasteiger partial charge in [0.2, 0.25) is 5.91 Å². The van der Waals surface area contributed by atoms with E-state index in [1.807, 2.05) is 66.1 Å². The summed E-state index contributed by atoms with van der Waals surface area (Å²) in [7, 11) is 1.60. The number of aryl methyl sites for hydroxylation is 1. The van der Waals surface area contributed by atoms with Gasteiger partial charge in [0.15, 0.2) is 0 Å². The number of nitrogens with one attached hydrogen (secondary N) is 2. The summed E-state index contributed by atoms with van der Waals surface area (Å²) in [5.74, 6) is -0.350. The van der Waals surface area contributed by atoms with Crippen LogP contribution in [0.3, 0.4) is 0 Å². The van der Waals surface area contributed by atoms with E-state index >= 15 is 0 Å². The van der Waals surface area contributed by atoms with Crippen LogP contribution < -0.4 is 10.6 Å². The molecule has 3 rings (SSSR count). The third-order valence-electron chi connectivity index (χ3n) is 4.54. The first-order chi connectivity index (χ1) is 14.1. The van der Waals surface area contributed by atoms with E-state index in [2.05, 4.69) is 10.6 Å². The second-order valence-electron chi connectivity index (χ2n) is 6.53. The molecular weight excluding hydrogens is 366 g/mol. The van der Waals surface area contributed by atoms with Gasteiger partial charge in [-0.3, -0.25) is 9.59 Å². The zero-order valence-corrected chi connectivity index (χ0v) is 16.6. The number of carbonyl (C=O) groups is 2. The third kappa shape index (κ3) is 5.12. The molecule has 3 aromatic rings. The van der Waals surface area contributed by atoms with Gasteiger partial charge in [0.25, 0.3) is 5.91 Å². The Morgan fingerprint density at radius 2 is 1.90 bits per heavy atom. The highest BCUT2D eigenvalue weighted by Crippen LogP contribution is 2.24. The summed E-state index contributed by atoms with van der Waals surface area (Å²) in [6.45, 7) is 3.58. The van der Waals surface area contributed by atoms with Crippen molar-refractivity contribution in [3.63, 3.8) is 0 Å². The fourth-order valence-electron chi connectivity index (χ4n) is 3.15. The first kappa shape index (κ1) is 20.4. The van der Waals surface area contributed by atoms with Gasteiger partial charge in [-0.1, -0.05) is 30.3 Å². The van der Waals surface area contributed by atoms with Gasteiger partial charge in [0, 0.05) is 42.9 Å². The van der Waals surface area contributed by atoms with E-state index in [4.69, 9.17) is 4.74 Å². The van der Waals surface area contributed by atoms with Gasteiger partial charge in [0.05, 0.1) is 6.61 Å². The number of hydrogen-bond acceptors (Lipinski definition) is 3. The molecule has 2 N–H and O–H groups in total. The lowest BCUT2D eigenvalue weighted by Gasteiger charge is -2.09. The van der Waals surface area contributed by atoms with Crippen molar-refractivity contribution in [1.82, 2.24) is 9.88 Å². The van der Waals surface area contributed by atoms with Crippen molar-refractivity contribution >= 4 is 34.5 Å². The smallest absolute Gasteiger partial charge is 0.268 e. The fraction of sp³-hybridized carbons (Fsp3) is 0.217. The van der Waals surface area contributed by atoms with Gasteiger partial charge in [-0.15, -0.1) is 0 Å². The molecule has 2 aromatic carbocycles. The first-order valence-electron chi connectivity index (χ1n) is 9.57. The summed E-state index contributed by atoms with van der Waals surface area (Å²) in [6.07, 6.45) is 3.27. The third-order valence-corrected chi connectivity index (χ3v) is 4.54. The number of nitrogens with zero attached hydrogens (tertiary/aromatic N) is 1. The highest BCUT2D eigenvalue weighted by molar-refractivity contribution is 6.04. The van der Waals surface area contributed by atoms with Gasteiger partial charge in [-0.25, -0.2) is 0 Å². The molecule has 0 radical (unpaired) electrons. The van der Waals surface area contributed by atoms with Crippen LogP contribution >= 0.6 is 0 Å². The second kappa shape index (κ2) is 9.71. The Kier molecular flexibility index (Phi) is 6.81. The molecule has 0 saturated carbocycles. The number of ether oxygens (including phenoxy) is 1. The summed E-state index contributed by atoms with van der Waals surface area (Å²) >= 11 is 0. The molecule has 0 atom stereocenters. The van der Waals surface area contributed by atoms with Crippen molar-refractivity contribution in [2.75, 3.05) is 25.6 Å². The van der Waals surface area contributed by atoms with Gasteiger partial charge in [-0.2, -0.15) is 0 Å². The molecule has 0 spiro atoms. The highest BCUT2D eigenvalue weighted by atomic mass is 16.5. The molecule has 1 heterocycles. The number of aromatic nitrogens is 1. The maximum atomic E-state index is 12.5. The number of rotatable bonds is 8. The van der Waals surface area contributed by atoms with E-state index in [0.29, 0.717) is 31.1 Å². The van der Waals surface area contributed by atoms with Crippen LogP contribution in [0.2, 0.25) is 0 Å². The van der Waals surface area contributed by atoms with Crippen LogP contribution in [0.4, 0.5) is 5.69 Å². The molecular formula is C23H25N3O3. The van der Waals surface area contributed by atoms with E-state index in [1.165, 1.54) is 6.08 Å². The summed E-state index contributed by atoms with van der Waals surface area (Å²) in [5.41, 5.74) is 3.18. The maximum absolute atomic E-state index is 12.5. The van der Waals surface area contributed by atoms with Crippen LogP contribution in [0.25, 0.3) is 17.0 Å². The zero-order valence-electron chi connectivity index (χ0n) is 16.6. The second-order valence-corrected chi connectivity index (χ2v) is 6.53. The lowest BCUT2D eigenvalue weighted by Crippen LogP contribution is -2.28. The lowest BCUT2D eigenvalue weighted by molar-refractivity contribution is -0.111. The van der Waals surface area contributed by atoms with Crippen molar-refractivity contribution in [3.8, 4) is 0 Å². The van der Waals surface area contributed by atoms with Crippen molar-refractivity contribution in [2.45, 2.75) is 13.5 Å². The molecule has 29 heavy (non-hydrogen) atoms. The van der Waals surface area contributed by atoms with Crippen molar-refractivity contribution in [1.29, 1.82) is 0 Å². The molecule has 0 aliphatic carbocycles. The number of fused-ring (bicyclic) bond motifs is 1. The largest absolute Gasteiger partial charge is 0.383 e. The van der Waals surface area contributed by atoms with E-state index in [9.17, 15) is 9.59 Å². The summed E-state index contributed by atoms with van der Waals surface area (Å²) < 4.78 is 6.93. The first-order valence-corrected chi connectivity index (χ1v) is 9.57. The monoisotopic (exact) mass is 391 g/mol. The van der Waals surface area contributed by atoms with Crippen LogP contribution in [0.1, 0.15) is 23.0 Å². The van der Waals surface area contributed by atoms with E-state index < -0.39 is 0 Å². The molecule has 6 heteroatoms. The van der Waals surface area contributed by atoms with Crippen molar-refractivity contribution in [3.05, 3.63) is 71.9 Å². The zero-order chi connectivity index (χ0) is 20.6. The standard InChI is InChI=1S/C23H25N3O3/c1-3-26-20-11-10-19(25-22(27)12-9-17-7-5-4-6-8-17)15-18(20)16-21(26)23(28)24-13-14-29-2/h4-12,15-16H,3,13-14H2,1-2H3,(H,24,28)(H,25,27)/b12-9+. The average molecular weight is 391 g/mol. The number of hydrogen-bond donors (Lipinski definition) is 2. The topological polar surface area (TPSA) is 72.4 Å². The maximum Gasteiger partial charge on any atom is 0.268 e. The van der Waals surface area contributed by atoms with E-state index in [0.717, 1.165) is 16.5 Å². The Bertz CT molecular complexity index is 1020. The Hall–Kier alpha value is -3.38. The van der Waals surface area contributed by atoms with E-state index in [1.54, 1.807) is 13.2 Å². The molecule has 0 fully saturated rings. The summed E-state index contributed by atoms with van der Waals surface area (Å²) in [5, 5.41) is 6.62. The average Bonchev–Trinajstić information content (AvgIpc) is 3.11. The number of benzene rings is 2. The minimum atomic E-state index is -0.208. The normalized spacial score (nSPS) is 11.1. The van der Waals surface area contributed by atoms with Crippen LogP contribution in [-0.4, -0.2) is 36.6 Å². The number of amides is 2. The lowest BCUT2D eigenvalue weighted by atomic mass is 10.2. The number of anilines is 1. The Balaban J connectivity index is 1.76. The predicted molar refractivity (Wildman–Crippen MR) is 116 cm³/mol. The Morgan fingerprint density at radius 1 is 1.10 bits per heavy atom. The minimum absolute atomic E-state index is 0.142. The van der Waals surface area contributed by atoms with Crippen molar-refractivity contribution < 1.29 is 14.3 Å². The number of carbonyl (C=O) groups excluding carboxylic acids is 2.